The highest BCUT2D eigenvalue weighted by molar-refractivity contribution is 5.71. The van der Waals surface area contributed by atoms with Crippen LogP contribution >= 0.6 is 0 Å². The number of alkyl halides is 3. The van der Waals surface area contributed by atoms with Gasteiger partial charge in [-0.05, 0) is 17.7 Å². The van der Waals surface area contributed by atoms with E-state index >= 15 is 0 Å². The maximum Gasteiger partial charge on any atom is 0.433 e. The molecule has 23 heavy (non-hydrogen) atoms. The molecule has 0 amide bonds. The van der Waals surface area contributed by atoms with Gasteiger partial charge in [-0.2, -0.15) is 13.2 Å². The van der Waals surface area contributed by atoms with Crippen LogP contribution in [-0.4, -0.2) is 35.1 Å². The van der Waals surface area contributed by atoms with Crippen molar-refractivity contribution in [1.82, 2.24) is 9.97 Å². The molecule has 0 aliphatic carbocycles. The number of aromatic nitrogens is 2. The summed E-state index contributed by atoms with van der Waals surface area (Å²) in [4.78, 5) is 19.7. The summed E-state index contributed by atoms with van der Waals surface area (Å²) in [6.07, 6.45) is -4.81. The smallest absolute Gasteiger partial charge is 0.433 e. The number of rotatable bonds is 4. The lowest BCUT2D eigenvalue weighted by Crippen LogP contribution is -2.17. The number of aliphatic carboxylic acids is 1. The van der Waals surface area contributed by atoms with E-state index in [4.69, 9.17) is 5.11 Å². The van der Waals surface area contributed by atoms with E-state index in [0.717, 1.165) is 6.07 Å². The molecule has 2 rings (SSSR count). The summed E-state index contributed by atoms with van der Waals surface area (Å²) >= 11 is 0. The highest BCUT2D eigenvalue weighted by atomic mass is 19.4. The van der Waals surface area contributed by atoms with Crippen LogP contribution < -0.4 is 4.90 Å². The van der Waals surface area contributed by atoms with E-state index in [2.05, 4.69) is 9.97 Å². The Bertz CT molecular complexity index is 730. The lowest BCUT2D eigenvalue weighted by Gasteiger charge is -2.15. The molecule has 1 aromatic carbocycles. The Morgan fingerprint density at radius 2 is 1.91 bits per heavy atom. The number of hydrogen-bond acceptors (Lipinski definition) is 4. The zero-order chi connectivity index (χ0) is 17.2. The summed E-state index contributed by atoms with van der Waals surface area (Å²) in [6, 6.07) is 7.12. The maximum atomic E-state index is 13.0. The van der Waals surface area contributed by atoms with Crippen LogP contribution in [0.5, 0.6) is 0 Å². The van der Waals surface area contributed by atoms with E-state index in [1.165, 1.54) is 11.0 Å². The van der Waals surface area contributed by atoms with Gasteiger partial charge in [0.15, 0.2) is 5.69 Å². The van der Waals surface area contributed by atoms with Crippen molar-refractivity contribution in [1.29, 1.82) is 0 Å². The molecule has 0 saturated carbocycles. The van der Waals surface area contributed by atoms with Gasteiger partial charge in [0, 0.05) is 19.7 Å². The average Bonchev–Trinajstić information content (AvgIpc) is 2.45. The SMILES string of the molecule is CN(C)c1nc(-c2cccc(CC(=O)O)c2)cc(C(F)(F)F)n1. The van der Waals surface area contributed by atoms with Crippen LogP contribution in [0.3, 0.4) is 0 Å². The predicted molar refractivity (Wildman–Crippen MR) is 78.1 cm³/mol. The molecule has 0 aliphatic heterocycles. The minimum atomic E-state index is -4.60. The van der Waals surface area contributed by atoms with Gasteiger partial charge in [0.2, 0.25) is 5.95 Å². The first-order chi connectivity index (χ1) is 10.7. The summed E-state index contributed by atoms with van der Waals surface area (Å²) in [7, 11) is 3.08. The maximum absolute atomic E-state index is 13.0. The highest BCUT2D eigenvalue weighted by Gasteiger charge is 2.34. The van der Waals surface area contributed by atoms with Crippen molar-refractivity contribution in [2.24, 2.45) is 0 Å². The fourth-order valence-electron chi connectivity index (χ4n) is 1.94. The summed E-state index contributed by atoms with van der Waals surface area (Å²) in [5.41, 5.74) is -0.0774. The van der Waals surface area contributed by atoms with Gasteiger partial charge in [-0.15, -0.1) is 0 Å². The minimum absolute atomic E-state index is 0.0709. The standard InChI is InChI=1S/C15H14F3N3O2/c1-21(2)14-19-11(8-12(20-14)15(16,17)18)10-5-3-4-9(6-10)7-13(22)23/h3-6,8H,7H2,1-2H3,(H,22,23). The lowest BCUT2D eigenvalue weighted by molar-refractivity contribution is -0.141. The zero-order valence-corrected chi connectivity index (χ0v) is 12.4. The first kappa shape index (κ1) is 16.7. The van der Waals surface area contributed by atoms with E-state index < -0.39 is 17.8 Å². The van der Waals surface area contributed by atoms with Crippen molar-refractivity contribution in [3.05, 3.63) is 41.6 Å². The summed E-state index contributed by atoms with van der Waals surface area (Å²) in [5, 5.41) is 8.82. The van der Waals surface area contributed by atoms with Crippen molar-refractivity contribution >= 4 is 11.9 Å². The first-order valence-electron chi connectivity index (χ1n) is 6.61. The Hall–Kier alpha value is -2.64. The fourth-order valence-corrected chi connectivity index (χ4v) is 1.94. The third kappa shape index (κ3) is 4.18. The molecular formula is C15H14F3N3O2. The summed E-state index contributed by atoms with van der Waals surface area (Å²) in [6.45, 7) is 0. The topological polar surface area (TPSA) is 66.3 Å². The second-order valence-corrected chi connectivity index (χ2v) is 5.10. The largest absolute Gasteiger partial charge is 0.481 e. The molecule has 5 nitrogen and oxygen atoms in total. The van der Waals surface area contributed by atoms with Crippen LogP contribution in [0.15, 0.2) is 30.3 Å². The molecule has 1 heterocycles. The number of carbonyl (C=O) groups is 1. The molecule has 0 aliphatic rings. The molecule has 0 spiro atoms. The third-order valence-corrected chi connectivity index (χ3v) is 2.98. The highest BCUT2D eigenvalue weighted by Crippen LogP contribution is 2.31. The Kier molecular flexibility index (Phi) is 4.53. The lowest BCUT2D eigenvalue weighted by atomic mass is 10.1. The molecular weight excluding hydrogens is 311 g/mol. The van der Waals surface area contributed by atoms with Gasteiger partial charge in [0.1, 0.15) is 0 Å². The molecule has 122 valence electrons. The van der Waals surface area contributed by atoms with Crippen LogP contribution in [0, 0.1) is 0 Å². The van der Waals surface area contributed by atoms with Gasteiger partial charge in [-0.25, -0.2) is 9.97 Å². The quantitative estimate of drug-likeness (QED) is 0.936. The van der Waals surface area contributed by atoms with Gasteiger partial charge in [0.25, 0.3) is 0 Å². The van der Waals surface area contributed by atoms with Gasteiger partial charge in [-0.1, -0.05) is 18.2 Å². The number of halogens is 3. The average molecular weight is 325 g/mol. The third-order valence-electron chi connectivity index (χ3n) is 2.98. The molecule has 2 aromatic rings. The molecule has 0 radical (unpaired) electrons. The number of carboxylic acids is 1. The molecule has 0 atom stereocenters. The van der Waals surface area contributed by atoms with Crippen molar-refractivity contribution < 1.29 is 23.1 Å². The Labute approximate surface area is 130 Å². The van der Waals surface area contributed by atoms with Crippen molar-refractivity contribution in [2.75, 3.05) is 19.0 Å². The Balaban J connectivity index is 2.54. The first-order valence-corrected chi connectivity index (χ1v) is 6.61. The second kappa shape index (κ2) is 6.23. The minimum Gasteiger partial charge on any atom is -0.481 e. The van der Waals surface area contributed by atoms with E-state index in [9.17, 15) is 18.0 Å². The predicted octanol–water partition coefficient (Wildman–Crippen LogP) is 2.86. The van der Waals surface area contributed by atoms with Crippen molar-refractivity contribution in [3.8, 4) is 11.3 Å². The van der Waals surface area contributed by atoms with Crippen molar-refractivity contribution in [3.63, 3.8) is 0 Å². The molecule has 0 unspecified atom stereocenters. The number of anilines is 1. The molecule has 1 aromatic heterocycles. The monoisotopic (exact) mass is 325 g/mol. The van der Waals surface area contributed by atoms with Crippen LogP contribution in [0.2, 0.25) is 0 Å². The fraction of sp³-hybridized carbons (Fsp3) is 0.267. The van der Waals surface area contributed by atoms with E-state index in [-0.39, 0.29) is 18.1 Å². The molecule has 8 heteroatoms. The number of hydrogen-bond donors (Lipinski definition) is 1. The van der Waals surface area contributed by atoms with Crippen LogP contribution in [0.1, 0.15) is 11.3 Å². The van der Waals surface area contributed by atoms with Crippen molar-refractivity contribution in [2.45, 2.75) is 12.6 Å². The Morgan fingerprint density at radius 1 is 1.22 bits per heavy atom. The molecule has 1 N–H and O–H groups in total. The van der Waals surface area contributed by atoms with E-state index in [0.29, 0.717) is 11.1 Å². The normalized spacial score (nSPS) is 11.3. The zero-order valence-electron chi connectivity index (χ0n) is 12.4. The van der Waals surface area contributed by atoms with Crippen LogP contribution in [0.25, 0.3) is 11.3 Å². The molecule has 0 saturated heterocycles. The summed E-state index contributed by atoms with van der Waals surface area (Å²) in [5.74, 6) is -1.09. The second-order valence-electron chi connectivity index (χ2n) is 5.10. The molecule has 0 fully saturated rings. The van der Waals surface area contributed by atoms with E-state index in [1.807, 2.05) is 0 Å². The number of nitrogens with zero attached hydrogens (tertiary/aromatic N) is 3. The van der Waals surface area contributed by atoms with Gasteiger partial charge in [0.05, 0.1) is 12.1 Å². The van der Waals surface area contributed by atoms with Crippen LogP contribution in [0.4, 0.5) is 19.1 Å². The number of benzene rings is 1. The Morgan fingerprint density at radius 3 is 2.48 bits per heavy atom. The van der Waals surface area contributed by atoms with Gasteiger partial charge < -0.3 is 10.0 Å². The van der Waals surface area contributed by atoms with Gasteiger partial charge in [-0.3, -0.25) is 4.79 Å². The summed E-state index contributed by atoms with van der Waals surface area (Å²) < 4.78 is 39.0. The van der Waals surface area contributed by atoms with Crippen LogP contribution in [-0.2, 0) is 17.4 Å². The number of carboxylic acid groups (broad SMARTS) is 1. The van der Waals surface area contributed by atoms with E-state index in [1.54, 1.807) is 32.3 Å². The molecule has 0 bridgehead atoms. The van der Waals surface area contributed by atoms with Gasteiger partial charge >= 0.3 is 12.1 Å².